The van der Waals surface area contributed by atoms with Gasteiger partial charge in [0.05, 0.1) is 12.3 Å². The van der Waals surface area contributed by atoms with Gasteiger partial charge in [-0.1, -0.05) is 0 Å². The number of rotatable bonds is 2. The molecule has 0 atom stereocenters. The van der Waals surface area contributed by atoms with Gasteiger partial charge < -0.3 is 10.8 Å². The summed E-state index contributed by atoms with van der Waals surface area (Å²) in [7, 11) is 0. The van der Waals surface area contributed by atoms with E-state index in [2.05, 4.69) is 0 Å². The number of hydrogen-bond acceptors (Lipinski definition) is 2. The van der Waals surface area contributed by atoms with E-state index in [1.807, 2.05) is 0 Å². The first-order valence-corrected chi connectivity index (χ1v) is 4.80. The van der Waals surface area contributed by atoms with E-state index in [4.69, 9.17) is 10.8 Å². The Kier molecular flexibility index (Phi) is 3.28. The Balaban J connectivity index is 2.51. The Morgan fingerprint density at radius 1 is 1.40 bits per heavy atom. The van der Waals surface area contributed by atoms with Crippen LogP contribution in [0.1, 0.15) is 32.1 Å². The van der Waals surface area contributed by atoms with E-state index in [0.29, 0.717) is 0 Å². The zero-order valence-corrected chi connectivity index (χ0v) is 8.18. The van der Waals surface area contributed by atoms with Gasteiger partial charge in [-0.3, -0.25) is 4.79 Å². The van der Waals surface area contributed by atoms with Gasteiger partial charge in [0.25, 0.3) is 0 Å². The fourth-order valence-electron chi connectivity index (χ4n) is 2.00. The van der Waals surface area contributed by atoms with E-state index >= 15 is 0 Å². The van der Waals surface area contributed by atoms with E-state index in [0.717, 1.165) is 0 Å². The van der Waals surface area contributed by atoms with E-state index in [1.54, 1.807) is 0 Å². The second-order valence-corrected chi connectivity index (χ2v) is 4.25. The van der Waals surface area contributed by atoms with Crippen LogP contribution in [0, 0.1) is 5.92 Å². The lowest BCUT2D eigenvalue weighted by Gasteiger charge is -2.36. The number of carboxylic acids is 1. The van der Waals surface area contributed by atoms with Crippen LogP contribution in [0.4, 0.5) is 13.2 Å². The summed E-state index contributed by atoms with van der Waals surface area (Å²) in [5.41, 5.74) is 4.77. The summed E-state index contributed by atoms with van der Waals surface area (Å²) in [6, 6.07) is 0. The fraction of sp³-hybridized carbons (Fsp3) is 0.889. The minimum atomic E-state index is -4.18. The van der Waals surface area contributed by atoms with Crippen molar-refractivity contribution in [3.8, 4) is 0 Å². The molecule has 1 fully saturated rings. The topological polar surface area (TPSA) is 63.3 Å². The lowest BCUT2D eigenvalue weighted by Crippen LogP contribution is -2.46. The van der Waals surface area contributed by atoms with Crippen molar-refractivity contribution in [2.45, 2.75) is 43.8 Å². The predicted octanol–water partition coefficient (Wildman–Crippen LogP) is 1.91. The zero-order valence-electron chi connectivity index (χ0n) is 8.18. The molecule has 3 nitrogen and oxygen atoms in total. The molecule has 0 spiro atoms. The molecule has 1 aliphatic rings. The smallest absolute Gasteiger partial charge is 0.391 e. The van der Waals surface area contributed by atoms with E-state index in [1.165, 1.54) is 0 Å². The van der Waals surface area contributed by atoms with Crippen LogP contribution in [-0.2, 0) is 4.79 Å². The second kappa shape index (κ2) is 4.00. The van der Waals surface area contributed by atoms with Crippen LogP contribution in [0.3, 0.4) is 0 Å². The molecule has 0 aromatic heterocycles. The number of carbonyl (C=O) groups is 1. The van der Waals surface area contributed by atoms with Gasteiger partial charge in [0, 0.05) is 5.54 Å². The molecule has 0 aromatic rings. The zero-order chi connectivity index (χ0) is 11.7. The van der Waals surface area contributed by atoms with E-state index < -0.39 is 23.6 Å². The molecule has 0 heterocycles. The van der Waals surface area contributed by atoms with Gasteiger partial charge in [-0.15, -0.1) is 0 Å². The fourth-order valence-corrected chi connectivity index (χ4v) is 2.00. The molecule has 0 radical (unpaired) electrons. The van der Waals surface area contributed by atoms with Crippen molar-refractivity contribution in [3.05, 3.63) is 0 Å². The molecular formula is C9H14F3NO2. The summed E-state index contributed by atoms with van der Waals surface area (Å²) < 4.78 is 36.9. The van der Waals surface area contributed by atoms with Gasteiger partial charge >= 0.3 is 12.1 Å². The maximum absolute atomic E-state index is 12.3. The molecule has 1 rings (SSSR count). The van der Waals surface area contributed by atoms with Crippen LogP contribution in [0.15, 0.2) is 0 Å². The molecular weight excluding hydrogens is 211 g/mol. The van der Waals surface area contributed by atoms with Crippen LogP contribution in [-0.4, -0.2) is 22.8 Å². The highest BCUT2D eigenvalue weighted by Crippen LogP contribution is 2.41. The summed E-state index contributed by atoms with van der Waals surface area (Å²) in [4.78, 5) is 10.4. The lowest BCUT2D eigenvalue weighted by molar-refractivity contribution is -0.184. The Morgan fingerprint density at radius 3 is 2.20 bits per heavy atom. The van der Waals surface area contributed by atoms with Gasteiger partial charge in [-0.25, -0.2) is 0 Å². The Hall–Kier alpha value is -0.780. The van der Waals surface area contributed by atoms with Crippen molar-refractivity contribution in [2.75, 3.05) is 0 Å². The van der Waals surface area contributed by atoms with Crippen LogP contribution >= 0.6 is 0 Å². The van der Waals surface area contributed by atoms with Crippen LogP contribution < -0.4 is 5.73 Å². The number of alkyl halides is 3. The maximum atomic E-state index is 12.3. The highest BCUT2D eigenvalue weighted by atomic mass is 19.4. The molecule has 0 unspecified atom stereocenters. The van der Waals surface area contributed by atoms with Gasteiger partial charge in [0.15, 0.2) is 0 Å². The first-order valence-electron chi connectivity index (χ1n) is 4.80. The quantitative estimate of drug-likeness (QED) is 0.754. The van der Waals surface area contributed by atoms with Crippen molar-refractivity contribution in [1.82, 2.24) is 0 Å². The Labute approximate surface area is 85.4 Å². The Morgan fingerprint density at radius 2 is 1.87 bits per heavy atom. The summed E-state index contributed by atoms with van der Waals surface area (Å²) in [5.74, 6) is -2.37. The third kappa shape index (κ3) is 3.37. The van der Waals surface area contributed by atoms with Crippen molar-refractivity contribution in [1.29, 1.82) is 0 Å². The highest BCUT2D eigenvalue weighted by molar-refractivity contribution is 5.68. The lowest BCUT2D eigenvalue weighted by atomic mass is 9.75. The van der Waals surface area contributed by atoms with Gasteiger partial charge in [-0.05, 0) is 25.7 Å². The second-order valence-electron chi connectivity index (χ2n) is 4.25. The molecule has 0 bridgehead atoms. The molecule has 0 amide bonds. The van der Waals surface area contributed by atoms with Gasteiger partial charge in [0.1, 0.15) is 0 Å². The third-order valence-electron chi connectivity index (χ3n) is 2.95. The first kappa shape index (κ1) is 12.3. The van der Waals surface area contributed by atoms with Crippen molar-refractivity contribution in [3.63, 3.8) is 0 Å². The van der Waals surface area contributed by atoms with Crippen molar-refractivity contribution < 1.29 is 23.1 Å². The first-order chi connectivity index (χ1) is 6.73. The normalized spacial score (nSPS) is 32.7. The van der Waals surface area contributed by atoms with Crippen LogP contribution in [0.5, 0.6) is 0 Å². The van der Waals surface area contributed by atoms with E-state index in [9.17, 15) is 18.0 Å². The minimum Gasteiger partial charge on any atom is -0.481 e. The summed E-state index contributed by atoms with van der Waals surface area (Å²) in [5, 5.41) is 8.55. The molecule has 0 saturated heterocycles. The molecule has 1 aliphatic carbocycles. The number of nitrogens with two attached hydrogens (primary N) is 1. The highest BCUT2D eigenvalue weighted by Gasteiger charge is 2.45. The third-order valence-corrected chi connectivity index (χ3v) is 2.95. The van der Waals surface area contributed by atoms with Crippen molar-refractivity contribution >= 4 is 5.97 Å². The Bertz CT molecular complexity index is 244. The monoisotopic (exact) mass is 225 g/mol. The standard InChI is InChI=1S/C9H14F3NO2/c10-9(11,12)6-1-3-8(13,4-2-6)5-7(14)15/h6H,1-5,13H2,(H,14,15). The molecule has 15 heavy (non-hydrogen) atoms. The largest absolute Gasteiger partial charge is 0.481 e. The maximum Gasteiger partial charge on any atom is 0.391 e. The minimum absolute atomic E-state index is 0.0622. The summed E-state index contributed by atoms with van der Waals surface area (Å²) in [6.45, 7) is 0. The van der Waals surface area contributed by atoms with E-state index in [-0.39, 0.29) is 32.1 Å². The molecule has 0 aromatic carbocycles. The SMILES string of the molecule is NC1(CC(=O)O)CCC(C(F)(F)F)CC1. The molecule has 1 saturated carbocycles. The molecule has 88 valence electrons. The number of aliphatic carboxylic acids is 1. The molecule has 3 N–H and O–H groups in total. The number of carboxylic acid groups (broad SMARTS) is 1. The average Bonchev–Trinajstić information content (AvgIpc) is 2.00. The summed E-state index contributed by atoms with van der Waals surface area (Å²) in [6.07, 6.45) is -4.30. The van der Waals surface area contributed by atoms with Gasteiger partial charge in [-0.2, -0.15) is 13.2 Å². The summed E-state index contributed by atoms with van der Waals surface area (Å²) >= 11 is 0. The van der Waals surface area contributed by atoms with Crippen LogP contribution in [0.25, 0.3) is 0 Å². The predicted molar refractivity (Wildman–Crippen MR) is 47.2 cm³/mol. The van der Waals surface area contributed by atoms with Crippen LogP contribution in [0.2, 0.25) is 0 Å². The van der Waals surface area contributed by atoms with Gasteiger partial charge in [0.2, 0.25) is 0 Å². The number of halogens is 3. The molecule has 6 heteroatoms. The number of hydrogen-bond donors (Lipinski definition) is 2. The molecule has 0 aliphatic heterocycles. The average molecular weight is 225 g/mol. The van der Waals surface area contributed by atoms with Crippen molar-refractivity contribution in [2.24, 2.45) is 11.7 Å².